The van der Waals surface area contributed by atoms with Crippen LogP contribution in [0.3, 0.4) is 0 Å². The summed E-state index contributed by atoms with van der Waals surface area (Å²) in [4.78, 5) is 14.9. The molecular formula is C19H20N2O3. The fraction of sp³-hybridized carbons (Fsp3) is 0.316. The molecule has 0 bridgehead atoms. The van der Waals surface area contributed by atoms with Gasteiger partial charge < -0.3 is 19.7 Å². The summed E-state index contributed by atoms with van der Waals surface area (Å²) in [5, 5.41) is 3.04. The van der Waals surface area contributed by atoms with Crippen LogP contribution in [-0.2, 0) is 16.0 Å². The maximum Gasteiger partial charge on any atom is 0.265 e. The van der Waals surface area contributed by atoms with E-state index in [1.54, 1.807) is 0 Å². The van der Waals surface area contributed by atoms with Gasteiger partial charge in [0, 0.05) is 19.5 Å². The van der Waals surface area contributed by atoms with E-state index < -0.39 is 6.10 Å². The highest BCUT2D eigenvalue weighted by molar-refractivity contribution is 5.98. The number of nitrogens with zero attached hydrogens (tertiary/aromatic N) is 1. The molecule has 24 heavy (non-hydrogen) atoms. The number of hydrogen-bond donors (Lipinski definition) is 1. The van der Waals surface area contributed by atoms with Crippen molar-refractivity contribution in [3.05, 3.63) is 54.1 Å². The van der Waals surface area contributed by atoms with E-state index >= 15 is 0 Å². The number of carbonyl (C=O) groups excluding carboxylic acids is 1. The molecule has 2 aliphatic rings. The van der Waals surface area contributed by atoms with Crippen molar-refractivity contribution in [2.24, 2.45) is 0 Å². The molecule has 2 aromatic rings. The number of benzene rings is 2. The van der Waals surface area contributed by atoms with E-state index in [9.17, 15) is 4.79 Å². The first-order valence-electron chi connectivity index (χ1n) is 8.28. The molecular weight excluding hydrogens is 304 g/mol. The second-order valence-electron chi connectivity index (χ2n) is 6.02. The first-order chi connectivity index (χ1) is 11.8. The lowest BCUT2D eigenvalue weighted by Crippen LogP contribution is -2.37. The molecule has 0 unspecified atom stereocenters. The molecule has 1 amide bonds. The summed E-state index contributed by atoms with van der Waals surface area (Å²) in [6, 6.07) is 15.7. The average Bonchev–Trinajstić information content (AvgIpc) is 3.07. The van der Waals surface area contributed by atoms with Crippen LogP contribution in [0.5, 0.6) is 5.75 Å². The number of morpholine rings is 1. The Hall–Kier alpha value is -2.53. The molecule has 1 atom stereocenters. The van der Waals surface area contributed by atoms with Crippen molar-refractivity contribution in [2.45, 2.75) is 12.5 Å². The highest BCUT2D eigenvalue weighted by Gasteiger charge is 2.29. The third-order valence-corrected chi connectivity index (χ3v) is 4.45. The van der Waals surface area contributed by atoms with Crippen molar-refractivity contribution in [2.75, 3.05) is 36.5 Å². The minimum atomic E-state index is -0.472. The molecule has 1 saturated heterocycles. The van der Waals surface area contributed by atoms with Crippen molar-refractivity contribution in [3.8, 4) is 5.75 Å². The minimum Gasteiger partial charge on any atom is -0.480 e. The van der Waals surface area contributed by atoms with E-state index in [2.05, 4.69) is 10.2 Å². The normalized spacial score (nSPS) is 19.5. The fourth-order valence-corrected chi connectivity index (χ4v) is 3.20. The van der Waals surface area contributed by atoms with Crippen molar-refractivity contribution >= 4 is 17.3 Å². The summed E-state index contributed by atoms with van der Waals surface area (Å²) >= 11 is 0. The van der Waals surface area contributed by atoms with Gasteiger partial charge in [0.25, 0.3) is 5.91 Å². The molecule has 2 heterocycles. The Bertz CT molecular complexity index is 716. The van der Waals surface area contributed by atoms with Crippen LogP contribution in [0.2, 0.25) is 0 Å². The number of amides is 1. The Morgan fingerprint density at radius 3 is 2.62 bits per heavy atom. The summed E-state index contributed by atoms with van der Waals surface area (Å²) < 4.78 is 11.2. The van der Waals surface area contributed by atoms with Gasteiger partial charge in [-0.05, 0) is 23.8 Å². The molecule has 4 rings (SSSR count). The quantitative estimate of drug-likeness (QED) is 0.942. The molecule has 0 radical (unpaired) electrons. The summed E-state index contributed by atoms with van der Waals surface area (Å²) in [5.74, 6) is 0.700. The number of carbonyl (C=O) groups is 1. The van der Waals surface area contributed by atoms with Gasteiger partial charge in [0.15, 0.2) is 6.10 Å². The van der Waals surface area contributed by atoms with Crippen LogP contribution in [0.15, 0.2) is 48.5 Å². The lowest BCUT2D eigenvalue weighted by atomic mass is 10.1. The van der Waals surface area contributed by atoms with Crippen LogP contribution in [0.1, 0.15) is 5.56 Å². The van der Waals surface area contributed by atoms with Crippen molar-refractivity contribution in [1.29, 1.82) is 0 Å². The van der Waals surface area contributed by atoms with Crippen LogP contribution in [0, 0.1) is 0 Å². The third-order valence-electron chi connectivity index (χ3n) is 4.45. The number of ether oxygens (including phenoxy) is 2. The Balaban J connectivity index is 1.49. The smallest absolute Gasteiger partial charge is 0.265 e. The van der Waals surface area contributed by atoms with Gasteiger partial charge in [-0.25, -0.2) is 0 Å². The van der Waals surface area contributed by atoms with E-state index in [1.807, 2.05) is 48.5 Å². The number of rotatable bonds is 3. The van der Waals surface area contributed by atoms with Gasteiger partial charge in [-0.3, -0.25) is 4.79 Å². The third kappa shape index (κ3) is 2.95. The number of anilines is 2. The lowest BCUT2D eigenvalue weighted by Gasteiger charge is -2.30. The van der Waals surface area contributed by atoms with Crippen LogP contribution >= 0.6 is 0 Å². The van der Waals surface area contributed by atoms with Gasteiger partial charge >= 0.3 is 0 Å². The lowest BCUT2D eigenvalue weighted by molar-refractivity contribution is -0.122. The van der Waals surface area contributed by atoms with E-state index in [-0.39, 0.29) is 5.91 Å². The zero-order chi connectivity index (χ0) is 16.4. The largest absolute Gasteiger partial charge is 0.480 e. The first-order valence-corrected chi connectivity index (χ1v) is 8.28. The topological polar surface area (TPSA) is 50.8 Å². The van der Waals surface area contributed by atoms with Crippen molar-refractivity contribution < 1.29 is 14.3 Å². The molecule has 1 fully saturated rings. The second-order valence-corrected chi connectivity index (χ2v) is 6.02. The van der Waals surface area contributed by atoms with Gasteiger partial charge in [0.1, 0.15) is 5.75 Å². The summed E-state index contributed by atoms with van der Waals surface area (Å²) in [6.07, 6.45) is 0.141. The van der Waals surface area contributed by atoms with Gasteiger partial charge in [-0.2, -0.15) is 0 Å². The molecule has 1 N–H and O–H groups in total. The Morgan fingerprint density at radius 1 is 1.04 bits per heavy atom. The van der Waals surface area contributed by atoms with Crippen LogP contribution in [0.4, 0.5) is 11.4 Å². The van der Waals surface area contributed by atoms with Gasteiger partial charge in [0.05, 0.1) is 24.6 Å². The Morgan fingerprint density at radius 2 is 1.79 bits per heavy atom. The predicted molar refractivity (Wildman–Crippen MR) is 92.7 cm³/mol. The van der Waals surface area contributed by atoms with Crippen molar-refractivity contribution in [1.82, 2.24) is 0 Å². The SMILES string of the molecule is O=C(Nc1ccccc1N1CCOCC1)[C@@H]1Cc2ccccc2O1. The van der Waals surface area contributed by atoms with E-state index in [1.165, 1.54) is 0 Å². The number of para-hydroxylation sites is 3. The van der Waals surface area contributed by atoms with Gasteiger partial charge in [-0.15, -0.1) is 0 Å². The summed E-state index contributed by atoms with van der Waals surface area (Å²) in [5.41, 5.74) is 2.94. The standard InChI is InChI=1S/C19H20N2O3/c22-19(18-13-14-5-1-4-8-17(14)24-18)20-15-6-2-3-7-16(15)21-9-11-23-12-10-21/h1-8,18H,9-13H2,(H,20,22)/t18-/m0/s1. The zero-order valence-electron chi connectivity index (χ0n) is 13.4. The second kappa shape index (κ2) is 6.53. The fourth-order valence-electron chi connectivity index (χ4n) is 3.20. The number of hydrogen-bond acceptors (Lipinski definition) is 4. The molecule has 5 heteroatoms. The number of fused-ring (bicyclic) bond motifs is 1. The highest BCUT2D eigenvalue weighted by atomic mass is 16.5. The van der Waals surface area contributed by atoms with Crippen LogP contribution in [-0.4, -0.2) is 38.3 Å². The molecule has 0 aliphatic carbocycles. The molecule has 0 aromatic heterocycles. The first kappa shape index (κ1) is 15.0. The van der Waals surface area contributed by atoms with Gasteiger partial charge in [0.2, 0.25) is 0 Å². The molecule has 2 aromatic carbocycles. The molecule has 0 spiro atoms. The van der Waals surface area contributed by atoms with Crippen molar-refractivity contribution in [3.63, 3.8) is 0 Å². The van der Waals surface area contributed by atoms with E-state index in [4.69, 9.17) is 9.47 Å². The summed E-state index contributed by atoms with van der Waals surface area (Å²) in [6.45, 7) is 3.09. The molecule has 0 saturated carbocycles. The average molecular weight is 324 g/mol. The molecule has 5 nitrogen and oxygen atoms in total. The van der Waals surface area contributed by atoms with Crippen LogP contribution in [0.25, 0.3) is 0 Å². The Kier molecular flexibility index (Phi) is 4.09. The molecule has 2 aliphatic heterocycles. The number of nitrogens with one attached hydrogen (secondary N) is 1. The zero-order valence-corrected chi connectivity index (χ0v) is 13.4. The van der Waals surface area contributed by atoms with Crippen LogP contribution < -0.4 is 15.0 Å². The Labute approximate surface area is 141 Å². The minimum absolute atomic E-state index is 0.105. The highest BCUT2D eigenvalue weighted by Crippen LogP contribution is 2.30. The summed E-state index contributed by atoms with van der Waals surface area (Å²) in [7, 11) is 0. The van der Waals surface area contributed by atoms with E-state index in [0.717, 1.165) is 35.8 Å². The molecule has 124 valence electrons. The maximum absolute atomic E-state index is 12.6. The monoisotopic (exact) mass is 324 g/mol. The van der Waals surface area contributed by atoms with Gasteiger partial charge in [-0.1, -0.05) is 30.3 Å². The predicted octanol–water partition coefficient (Wildman–Crippen LogP) is 2.47. The van der Waals surface area contributed by atoms with E-state index in [0.29, 0.717) is 19.6 Å². The maximum atomic E-state index is 12.6.